The van der Waals surface area contributed by atoms with Crippen LogP contribution in [0.4, 0.5) is 11.4 Å². The second kappa shape index (κ2) is 12.2. The summed E-state index contributed by atoms with van der Waals surface area (Å²) in [5, 5.41) is 9.44. The van der Waals surface area contributed by atoms with Gasteiger partial charge in [0.2, 0.25) is 0 Å². The maximum atomic E-state index is 4.93. The molecular weight excluding hydrogens is 456 g/mol. The van der Waals surface area contributed by atoms with E-state index in [2.05, 4.69) is 13.8 Å². The normalized spacial score (nSPS) is 12.0. The van der Waals surface area contributed by atoms with Gasteiger partial charge in [-0.2, -0.15) is 0 Å². The van der Waals surface area contributed by atoms with Crippen molar-refractivity contribution in [2.75, 3.05) is 0 Å². The Morgan fingerprint density at radius 2 is 1.04 bits per heavy atom. The summed E-state index contributed by atoms with van der Waals surface area (Å²) in [6.07, 6.45) is 0. The zero-order valence-electron chi connectivity index (χ0n) is 15.3. The minimum absolute atomic E-state index is 0.0104. The molecule has 0 aliphatic rings. The molecule has 1 heterocycles. The van der Waals surface area contributed by atoms with Crippen molar-refractivity contribution in [3.63, 3.8) is 0 Å². The van der Waals surface area contributed by atoms with Gasteiger partial charge in [0, 0.05) is 11.4 Å². The maximum absolute atomic E-state index is 4.93. The van der Waals surface area contributed by atoms with Crippen molar-refractivity contribution in [2.24, 2.45) is 0 Å². The molecule has 2 atom stereocenters. The van der Waals surface area contributed by atoms with E-state index in [1.807, 2.05) is 78.9 Å². The number of para-hydroxylation sites is 2. The third kappa shape index (κ3) is 7.65. The Balaban J connectivity index is 0.000000817. The Hall–Kier alpha value is -1.35. The van der Waals surface area contributed by atoms with Crippen molar-refractivity contribution >= 4 is 28.4 Å². The number of pyridine rings is 1. The average Bonchev–Trinajstić information content (AvgIpc) is 2.70. The summed E-state index contributed by atoms with van der Waals surface area (Å²) in [5.74, 6) is 0. The van der Waals surface area contributed by atoms with E-state index in [-0.39, 0.29) is 12.1 Å². The summed E-state index contributed by atoms with van der Waals surface area (Å²) in [6.45, 7) is 4.14. The molecule has 0 spiro atoms. The molecule has 1 aromatic heterocycles. The molecule has 6 heteroatoms. The quantitative estimate of drug-likeness (QED) is 0.355. The SMILES string of the molecule is CC([N-]c1ccccc1)c1cccc(C(C)[N-]c2ccccc2)n1.[Cl][Zr+2][Cl]. The molecule has 138 valence electrons. The van der Waals surface area contributed by atoms with Gasteiger partial charge in [-0.3, -0.25) is 4.98 Å². The van der Waals surface area contributed by atoms with Gasteiger partial charge in [0.05, 0.1) is 0 Å². The first-order valence-corrected chi connectivity index (χ1v) is 14.9. The molecule has 0 radical (unpaired) electrons. The zero-order chi connectivity index (χ0) is 19.5. The van der Waals surface area contributed by atoms with Crippen molar-refractivity contribution in [2.45, 2.75) is 25.9 Å². The number of aromatic nitrogens is 1. The molecule has 3 aromatic rings. The number of nitrogens with zero attached hydrogens (tertiary/aromatic N) is 3. The van der Waals surface area contributed by atoms with E-state index in [0.29, 0.717) is 0 Å². The van der Waals surface area contributed by atoms with Crippen molar-refractivity contribution in [3.8, 4) is 0 Å². The van der Waals surface area contributed by atoms with Crippen LogP contribution in [0.1, 0.15) is 37.3 Å². The van der Waals surface area contributed by atoms with Crippen LogP contribution in [0.25, 0.3) is 10.6 Å². The molecule has 27 heavy (non-hydrogen) atoms. The van der Waals surface area contributed by atoms with Gasteiger partial charge in [-0.15, -0.1) is 11.4 Å². The molecule has 0 aliphatic heterocycles. The number of hydrogen-bond donors (Lipinski definition) is 0. The van der Waals surface area contributed by atoms with Crippen LogP contribution in [-0.4, -0.2) is 4.98 Å². The summed E-state index contributed by atoms with van der Waals surface area (Å²) in [5.41, 5.74) is 3.87. The predicted molar refractivity (Wildman–Crippen MR) is 112 cm³/mol. The van der Waals surface area contributed by atoms with Crippen LogP contribution in [-0.2, 0) is 20.8 Å². The number of rotatable bonds is 6. The van der Waals surface area contributed by atoms with Crippen molar-refractivity contribution in [1.82, 2.24) is 4.98 Å². The Kier molecular flexibility index (Phi) is 9.90. The summed E-state index contributed by atoms with van der Waals surface area (Å²) in [7, 11) is 9.87. The van der Waals surface area contributed by atoms with Gasteiger partial charge in [-0.1, -0.05) is 92.7 Å². The molecule has 0 saturated heterocycles. The summed E-state index contributed by atoms with van der Waals surface area (Å²) in [4.78, 5) is 4.78. The van der Waals surface area contributed by atoms with E-state index in [0.717, 1.165) is 22.8 Å². The second-order valence-corrected chi connectivity index (χ2v) is 9.57. The molecule has 2 unspecified atom stereocenters. The Morgan fingerprint density at radius 3 is 1.41 bits per heavy atom. The fraction of sp³-hybridized carbons (Fsp3) is 0.190. The number of halogens is 2. The molecule has 0 N–H and O–H groups in total. The third-order valence-corrected chi connectivity index (χ3v) is 3.85. The molecule has 2 aromatic carbocycles. The molecule has 0 bridgehead atoms. The van der Waals surface area contributed by atoms with Gasteiger partial charge < -0.3 is 10.6 Å². The van der Waals surface area contributed by atoms with Crippen LogP contribution < -0.4 is 0 Å². The van der Waals surface area contributed by atoms with Gasteiger partial charge in [0.15, 0.2) is 0 Å². The topological polar surface area (TPSA) is 41.1 Å². The molecule has 0 aliphatic carbocycles. The van der Waals surface area contributed by atoms with Gasteiger partial charge in [-0.25, -0.2) is 0 Å². The molecule has 0 saturated carbocycles. The van der Waals surface area contributed by atoms with E-state index in [1.165, 1.54) is 0 Å². The van der Waals surface area contributed by atoms with Crippen LogP contribution >= 0.6 is 17.0 Å². The van der Waals surface area contributed by atoms with Crippen molar-refractivity contribution < 1.29 is 20.8 Å². The molecular formula is C21H21Cl2N3Zr. The summed E-state index contributed by atoms with van der Waals surface area (Å²) >= 11 is -0.826. The molecule has 0 amide bonds. The van der Waals surface area contributed by atoms with Gasteiger partial charge in [0.25, 0.3) is 0 Å². The fourth-order valence-corrected chi connectivity index (χ4v) is 2.54. The van der Waals surface area contributed by atoms with Crippen LogP contribution in [0.2, 0.25) is 0 Å². The van der Waals surface area contributed by atoms with Gasteiger partial charge in [-0.05, 0) is 12.1 Å². The Morgan fingerprint density at radius 1 is 0.667 bits per heavy atom. The Bertz CT molecular complexity index is 725. The minimum atomic E-state index is -0.826. The predicted octanol–water partition coefficient (Wildman–Crippen LogP) is 7.99. The third-order valence-electron chi connectivity index (χ3n) is 3.85. The van der Waals surface area contributed by atoms with Crippen molar-refractivity contribution in [3.05, 3.63) is 101 Å². The number of benzene rings is 2. The number of hydrogen-bond acceptors (Lipinski definition) is 1. The average molecular weight is 478 g/mol. The zero-order valence-corrected chi connectivity index (χ0v) is 19.2. The van der Waals surface area contributed by atoms with Crippen LogP contribution in [0.5, 0.6) is 0 Å². The van der Waals surface area contributed by atoms with Crippen LogP contribution in [0.3, 0.4) is 0 Å². The molecule has 3 rings (SSSR count). The van der Waals surface area contributed by atoms with E-state index in [9.17, 15) is 0 Å². The summed E-state index contributed by atoms with van der Waals surface area (Å²) in [6, 6.07) is 26.1. The molecule has 0 fully saturated rings. The first kappa shape index (κ1) is 21.9. The van der Waals surface area contributed by atoms with Gasteiger partial charge in [0.1, 0.15) is 0 Å². The first-order chi connectivity index (χ1) is 13.1. The standard InChI is InChI=1S/C21H21N3.2ClH.Zr/c1-16(22-18-10-5-3-6-11-18)20-14-9-15-21(24-20)17(2)23-19-12-7-4-8-13-19;;;/h3-17H,1-2H3;2*1H;/q-2;;;+4/p-2. The van der Waals surface area contributed by atoms with E-state index in [4.69, 9.17) is 32.6 Å². The molecule has 3 nitrogen and oxygen atoms in total. The van der Waals surface area contributed by atoms with E-state index >= 15 is 0 Å². The van der Waals surface area contributed by atoms with Gasteiger partial charge >= 0.3 is 37.9 Å². The second-order valence-electron chi connectivity index (χ2n) is 5.84. The monoisotopic (exact) mass is 475 g/mol. The first-order valence-electron chi connectivity index (χ1n) is 8.59. The summed E-state index contributed by atoms with van der Waals surface area (Å²) < 4.78 is 0. The van der Waals surface area contributed by atoms with Crippen LogP contribution in [0.15, 0.2) is 78.9 Å². The Labute approximate surface area is 180 Å². The van der Waals surface area contributed by atoms with E-state index < -0.39 is 20.8 Å². The van der Waals surface area contributed by atoms with E-state index in [1.54, 1.807) is 0 Å². The fourth-order valence-electron chi connectivity index (χ4n) is 2.54. The van der Waals surface area contributed by atoms with Crippen LogP contribution in [0, 0.1) is 0 Å². The van der Waals surface area contributed by atoms with Crippen molar-refractivity contribution in [1.29, 1.82) is 0 Å².